The van der Waals surface area contributed by atoms with E-state index < -0.39 is 59.8 Å². The number of nitrogens with one attached hydrogen (secondary N) is 3. The molecule has 1 fully saturated rings. The second-order valence-corrected chi connectivity index (χ2v) is 10.7. The number of likely N-dealkylation sites (tertiary alicyclic amines) is 1. The van der Waals surface area contributed by atoms with Gasteiger partial charge in [-0.1, -0.05) is 0 Å². The molecule has 16 N–H and O–H groups in total. The van der Waals surface area contributed by atoms with E-state index in [0.29, 0.717) is 45.1 Å². The van der Waals surface area contributed by atoms with Crippen LogP contribution in [0.25, 0.3) is 0 Å². The van der Waals surface area contributed by atoms with Crippen molar-refractivity contribution >= 4 is 41.5 Å². The zero-order valence-electron chi connectivity index (χ0n) is 25.4. The molecule has 18 heteroatoms. The van der Waals surface area contributed by atoms with Crippen molar-refractivity contribution in [3.63, 3.8) is 0 Å². The van der Waals surface area contributed by atoms with Crippen LogP contribution in [0.1, 0.15) is 64.7 Å². The Morgan fingerprint density at radius 2 is 1.36 bits per heavy atom. The summed E-state index contributed by atoms with van der Waals surface area (Å²) in [6.07, 6.45) is 3.08. The van der Waals surface area contributed by atoms with Gasteiger partial charge < -0.3 is 60.4 Å². The Morgan fingerprint density at radius 1 is 0.818 bits per heavy atom. The number of guanidine groups is 2. The average molecular weight is 627 g/mol. The number of carboxylic acid groups (broad SMARTS) is 1. The van der Waals surface area contributed by atoms with Crippen molar-refractivity contribution in [2.24, 2.45) is 44.4 Å². The molecule has 0 spiro atoms. The lowest BCUT2D eigenvalue weighted by Crippen LogP contribution is -2.58. The Balaban J connectivity index is 3.08. The SMILES string of the molecule is C[C@H](N)C(=O)N[C@@H](CCCCN)C(=O)N1CCC[C@H]1C(=O)N[C@@H](CCCN=C(N)N)C(=O)N[C@@H](CCCN=C(N)N)C(=O)O. The van der Waals surface area contributed by atoms with Gasteiger partial charge in [-0.05, 0) is 71.3 Å². The second kappa shape index (κ2) is 19.9. The highest BCUT2D eigenvalue weighted by Gasteiger charge is 2.39. The first-order chi connectivity index (χ1) is 20.8. The smallest absolute Gasteiger partial charge is 0.326 e. The zero-order valence-corrected chi connectivity index (χ0v) is 25.4. The largest absolute Gasteiger partial charge is 0.480 e. The minimum Gasteiger partial charge on any atom is -0.480 e. The summed E-state index contributed by atoms with van der Waals surface area (Å²) in [5.74, 6) is -3.79. The summed E-state index contributed by atoms with van der Waals surface area (Å²) in [4.78, 5) is 73.5. The highest BCUT2D eigenvalue weighted by molar-refractivity contribution is 5.95. The first-order valence-electron chi connectivity index (χ1n) is 14.8. The molecule has 0 radical (unpaired) electrons. The van der Waals surface area contributed by atoms with Crippen molar-refractivity contribution in [3.8, 4) is 0 Å². The summed E-state index contributed by atoms with van der Waals surface area (Å²) in [6.45, 7) is 2.53. The number of aliphatic carboxylic acids is 1. The van der Waals surface area contributed by atoms with Crippen LogP contribution in [0.2, 0.25) is 0 Å². The first-order valence-corrected chi connectivity index (χ1v) is 14.8. The van der Waals surface area contributed by atoms with Gasteiger partial charge in [0.25, 0.3) is 0 Å². The fraction of sp³-hybridized carbons (Fsp3) is 0.731. The molecule has 0 aromatic rings. The van der Waals surface area contributed by atoms with Gasteiger partial charge >= 0.3 is 5.97 Å². The Morgan fingerprint density at radius 3 is 1.89 bits per heavy atom. The Hall–Kier alpha value is -4.19. The van der Waals surface area contributed by atoms with Crippen molar-refractivity contribution in [2.45, 2.75) is 94.9 Å². The number of nitrogens with zero attached hydrogens (tertiary/aromatic N) is 3. The molecule has 18 nitrogen and oxygen atoms in total. The van der Waals surface area contributed by atoms with Crippen LogP contribution in [0.4, 0.5) is 0 Å². The molecule has 0 aromatic carbocycles. The average Bonchev–Trinajstić information content (AvgIpc) is 3.45. The van der Waals surface area contributed by atoms with Gasteiger partial charge in [-0.15, -0.1) is 0 Å². The van der Waals surface area contributed by atoms with Gasteiger partial charge in [0.2, 0.25) is 23.6 Å². The minimum atomic E-state index is -1.27. The monoisotopic (exact) mass is 626 g/mol. The number of carbonyl (C=O) groups excluding carboxylic acids is 4. The maximum absolute atomic E-state index is 13.5. The zero-order chi connectivity index (χ0) is 33.2. The Labute approximate surface area is 257 Å². The highest BCUT2D eigenvalue weighted by atomic mass is 16.4. The van der Waals surface area contributed by atoms with Crippen molar-refractivity contribution < 1.29 is 29.1 Å². The summed E-state index contributed by atoms with van der Waals surface area (Å²) in [5, 5.41) is 17.5. The molecule has 1 saturated heterocycles. The van der Waals surface area contributed by atoms with Crippen molar-refractivity contribution in [1.82, 2.24) is 20.9 Å². The number of nitrogens with two attached hydrogens (primary N) is 6. The first kappa shape index (κ1) is 37.8. The molecule has 1 rings (SSSR count). The van der Waals surface area contributed by atoms with Crippen LogP contribution in [0.5, 0.6) is 0 Å². The standard InChI is InChI=1S/C26H50N12O6/c1-15(28)20(39)36-17(7-2-3-11-27)23(42)38-14-6-10-19(38)22(41)35-16(8-4-12-33-25(29)30)21(40)37-18(24(43)44)9-5-13-34-26(31)32/h15-19H,2-14,27-28H2,1H3,(H,35,41)(H,36,39)(H,37,40)(H,43,44)(H4,29,30,33)(H4,31,32,34)/t15-,16-,17-,18-,19-/m0/s1. The lowest BCUT2D eigenvalue weighted by Gasteiger charge is -2.30. The third-order valence-electron chi connectivity index (χ3n) is 6.95. The number of unbranched alkanes of at least 4 members (excludes halogenated alkanes) is 1. The molecule has 0 unspecified atom stereocenters. The van der Waals surface area contributed by atoms with Gasteiger partial charge in [-0.25, -0.2) is 4.79 Å². The number of rotatable bonds is 20. The molecule has 1 heterocycles. The normalized spacial score (nSPS) is 17.0. The number of hydrogen-bond acceptors (Lipinski definition) is 9. The van der Waals surface area contributed by atoms with E-state index in [9.17, 15) is 29.1 Å². The third-order valence-corrected chi connectivity index (χ3v) is 6.95. The molecule has 250 valence electrons. The fourth-order valence-corrected chi connectivity index (χ4v) is 4.63. The van der Waals surface area contributed by atoms with Crippen LogP contribution in [0.15, 0.2) is 9.98 Å². The lowest BCUT2D eigenvalue weighted by molar-refractivity contribution is -0.143. The van der Waals surface area contributed by atoms with Gasteiger partial charge in [0.15, 0.2) is 11.9 Å². The summed E-state index contributed by atoms with van der Waals surface area (Å²) in [7, 11) is 0. The molecule has 4 amide bonds. The number of amides is 4. The number of carbonyl (C=O) groups is 5. The number of carboxylic acids is 1. The van der Waals surface area contributed by atoms with E-state index >= 15 is 0 Å². The van der Waals surface area contributed by atoms with Crippen LogP contribution in [0.3, 0.4) is 0 Å². The van der Waals surface area contributed by atoms with Crippen LogP contribution < -0.4 is 50.4 Å². The summed E-state index contributed by atoms with van der Waals surface area (Å²) >= 11 is 0. The molecule has 0 aliphatic carbocycles. The molecule has 0 aromatic heterocycles. The van der Waals surface area contributed by atoms with E-state index in [0.717, 1.165) is 0 Å². The second-order valence-electron chi connectivity index (χ2n) is 10.7. The summed E-state index contributed by atoms with van der Waals surface area (Å²) in [6, 6.07) is -5.05. The maximum Gasteiger partial charge on any atom is 0.326 e. The summed E-state index contributed by atoms with van der Waals surface area (Å²) in [5.41, 5.74) is 32.6. The maximum atomic E-state index is 13.5. The van der Waals surface area contributed by atoms with Gasteiger partial charge in [0.1, 0.15) is 24.2 Å². The van der Waals surface area contributed by atoms with E-state index in [1.54, 1.807) is 0 Å². The molecule has 1 aliphatic rings. The van der Waals surface area contributed by atoms with Gasteiger partial charge in [0.05, 0.1) is 6.04 Å². The van der Waals surface area contributed by atoms with Crippen LogP contribution in [0, 0.1) is 0 Å². The predicted octanol–water partition coefficient (Wildman–Crippen LogP) is -3.90. The van der Waals surface area contributed by atoms with Crippen molar-refractivity contribution in [1.29, 1.82) is 0 Å². The van der Waals surface area contributed by atoms with E-state index in [1.807, 2.05) is 0 Å². The molecule has 1 aliphatic heterocycles. The number of aliphatic imine (C=N–C) groups is 2. The Kier molecular flexibility index (Phi) is 17.1. The predicted molar refractivity (Wildman–Crippen MR) is 165 cm³/mol. The van der Waals surface area contributed by atoms with Gasteiger partial charge in [0, 0.05) is 19.6 Å². The van der Waals surface area contributed by atoms with Gasteiger partial charge in [-0.3, -0.25) is 29.2 Å². The molecular formula is C26H50N12O6. The van der Waals surface area contributed by atoms with Crippen molar-refractivity contribution in [2.75, 3.05) is 26.2 Å². The molecular weight excluding hydrogens is 576 g/mol. The molecule has 44 heavy (non-hydrogen) atoms. The van der Waals surface area contributed by atoms with Crippen LogP contribution in [-0.2, 0) is 24.0 Å². The fourth-order valence-electron chi connectivity index (χ4n) is 4.63. The molecule has 0 saturated carbocycles. The van der Waals surface area contributed by atoms with E-state index in [1.165, 1.54) is 11.8 Å². The lowest BCUT2D eigenvalue weighted by atomic mass is 10.1. The van der Waals surface area contributed by atoms with E-state index in [-0.39, 0.29) is 50.8 Å². The third kappa shape index (κ3) is 13.9. The van der Waals surface area contributed by atoms with E-state index in [2.05, 4.69) is 25.9 Å². The molecule has 0 bridgehead atoms. The summed E-state index contributed by atoms with van der Waals surface area (Å²) < 4.78 is 0. The quantitative estimate of drug-likeness (QED) is 0.0352. The minimum absolute atomic E-state index is 0.0378. The molecule has 5 atom stereocenters. The van der Waals surface area contributed by atoms with Gasteiger partial charge in [-0.2, -0.15) is 0 Å². The topological polar surface area (TPSA) is 326 Å². The Bertz CT molecular complexity index is 1030. The highest BCUT2D eigenvalue weighted by Crippen LogP contribution is 2.20. The number of hydrogen-bond donors (Lipinski definition) is 10. The van der Waals surface area contributed by atoms with Crippen LogP contribution >= 0.6 is 0 Å². The van der Waals surface area contributed by atoms with Crippen LogP contribution in [-0.4, -0.2) is 108 Å². The van der Waals surface area contributed by atoms with Crippen molar-refractivity contribution in [3.05, 3.63) is 0 Å². The van der Waals surface area contributed by atoms with E-state index in [4.69, 9.17) is 34.4 Å².